The van der Waals surface area contributed by atoms with Crippen molar-refractivity contribution in [3.05, 3.63) is 48.2 Å². The molecule has 29 heavy (non-hydrogen) atoms. The number of nitrogens with zero attached hydrogens (tertiary/aromatic N) is 2. The van der Waals surface area contributed by atoms with Gasteiger partial charge in [0.15, 0.2) is 0 Å². The van der Waals surface area contributed by atoms with Gasteiger partial charge in [0.05, 0.1) is 0 Å². The van der Waals surface area contributed by atoms with Crippen molar-refractivity contribution in [2.24, 2.45) is 0 Å². The standard InChI is InChI=1S/C16H19N3O3.C4H10O3/c20-16(21-10-12-4-2-1-3-5-12)18-14-8-6-13(7-9-14)15-19-17-11-22-15;1-5-4(6-2)7-3/h1-5,11,13-14H,6-10H2,(H,18,20);4H,1-3H3. The Kier molecular flexibility index (Phi) is 10.1. The number of hydrogen-bond donors (Lipinski definition) is 1. The van der Waals surface area contributed by atoms with Gasteiger partial charge in [0.1, 0.15) is 6.61 Å². The van der Waals surface area contributed by atoms with Gasteiger partial charge in [-0.05, 0) is 31.2 Å². The van der Waals surface area contributed by atoms with Crippen LogP contribution in [0, 0.1) is 0 Å². The molecule has 0 saturated heterocycles. The van der Waals surface area contributed by atoms with Crippen LogP contribution in [0.4, 0.5) is 4.79 Å². The van der Waals surface area contributed by atoms with E-state index >= 15 is 0 Å². The van der Waals surface area contributed by atoms with E-state index in [1.165, 1.54) is 27.7 Å². The summed E-state index contributed by atoms with van der Waals surface area (Å²) in [5.41, 5.74) is 0.984. The van der Waals surface area contributed by atoms with Crippen molar-refractivity contribution < 1.29 is 28.2 Å². The maximum absolute atomic E-state index is 11.8. The molecule has 1 amide bonds. The number of methoxy groups -OCH3 is 3. The fraction of sp³-hybridized carbons (Fsp3) is 0.550. The van der Waals surface area contributed by atoms with Crippen LogP contribution in [0.25, 0.3) is 0 Å². The molecule has 1 heterocycles. The molecule has 0 spiro atoms. The van der Waals surface area contributed by atoms with Crippen molar-refractivity contribution in [1.29, 1.82) is 0 Å². The second-order valence-corrected chi connectivity index (χ2v) is 6.53. The summed E-state index contributed by atoms with van der Waals surface area (Å²) in [6.45, 7) is -0.218. The van der Waals surface area contributed by atoms with Crippen LogP contribution in [-0.4, -0.2) is 50.1 Å². The van der Waals surface area contributed by atoms with Gasteiger partial charge < -0.3 is 28.7 Å². The van der Waals surface area contributed by atoms with Gasteiger partial charge in [-0.3, -0.25) is 0 Å². The van der Waals surface area contributed by atoms with Gasteiger partial charge in [-0.15, -0.1) is 10.2 Å². The molecule has 0 atom stereocenters. The lowest BCUT2D eigenvalue weighted by molar-refractivity contribution is -0.252. The van der Waals surface area contributed by atoms with E-state index < -0.39 is 6.48 Å². The third kappa shape index (κ3) is 8.18. The van der Waals surface area contributed by atoms with Crippen LogP contribution < -0.4 is 5.32 Å². The monoisotopic (exact) mass is 407 g/mol. The summed E-state index contributed by atoms with van der Waals surface area (Å²) in [5.74, 6) is 1.01. The Morgan fingerprint density at radius 1 is 1.10 bits per heavy atom. The predicted molar refractivity (Wildman–Crippen MR) is 104 cm³/mol. The Bertz CT molecular complexity index is 665. The van der Waals surface area contributed by atoms with Gasteiger partial charge in [-0.1, -0.05) is 30.3 Å². The van der Waals surface area contributed by atoms with Gasteiger partial charge in [-0.25, -0.2) is 4.79 Å². The number of nitrogens with one attached hydrogen (secondary N) is 1. The predicted octanol–water partition coefficient (Wildman–Crippen LogP) is 3.23. The Morgan fingerprint density at radius 3 is 2.28 bits per heavy atom. The lowest BCUT2D eigenvalue weighted by atomic mass is 9.86. The zero-order valence-corrected chi connectivity index (χ0v) is 17.1. The molecule has 1 saturated carbocycles. The number of ether oxygens (including phenoxy) is 4. The molecule has 1 aromatic carbocycles. The normalized spacial score (nSPS) is 18.6. The number of benzene rings is 1. The van der Waals surface area contributed by atoms with E-state index in [2.05, 4.69) is 29.7 Å². The van der Waals surface area contributed by atoms with Gasteiger partial charge in [-0.2, -0.15) is 0 Å². The molecule has 9 nitrogen and oxygen atoms in total. The van der Waals surface area contributed by atoms with Crippen molar-refractivity contribution >= 4 is 6.09 Å². The number of carbonyl (C=O) groups excluding carboxylic acids is 1. The summed E-state index contributed by atoms with van der Waals surface area (Å²) in [5, 5.41) is 10.6. The first-order valence-electron chi connectivity index (χ1n) is 9.47. The highest BCUT2D eigenvalue weighted by Gasteiger charge is 2.26. The number of hydrogen-bond acceptors (Lipinski definition) is 8. The fourth-order valence-electron chi connectivity index (χ4n) is 3.06. The van der Waals surface area contributed by atoms with Crippen LogP contribution in [0.2, 0.25) is 0 Å². The first kappa shape index (κ1) is 22.8. The van der Waals surface area contributed by atoms with E-state index in [0.29, 0.717) is 18.4 Å². The molecule has 160 valence electrons. The molecule has 2 aromatic rings. The minimum atomic E-state index is -0.514. The molecule has 9 heteroatoms. The van der Waals surface area contributed by atoms with Gasteiger partial charge in [0.25, 0.3) is 6.48 Å². The topological polar surface area (TPSA) is 105 Å². The van der Waals surface area contributed by atoms with Crippen LogP contribution >= 0.6 is 0 Å². The number of carbonyl (C=O) groups is 1. The van der Waals surface area contributed by atoms with E-state index in [0.717, 1.165) is 31.2 Å². The SMILES string of the molecule is COC(OC)OC.O=C(NC1CCC(c2nnco2)CC1)OCc1ccccc1. The average molecular weight is 407 g/mol. The molecular formula is C20H29N3O6. The van der Waals surface area contributed by atoms with Crippen molar-refractivity contribution in [2.45, 2.75) is 50.7 Å². The fourth-order valence-corrected chi connectivity index (χ4v) is 3.06. The first-order valence-corrected chi connectivity index (χ1v) is 9.47. The van der Waals surface area contributed by atoms with Crippen LogP contribution in [0.15, 0.2) is 41.1 Å². The van der Waals surface area contributed by atoms with Crippen LogP contribution in [0.3, 0.4) is 0 Å². The molecule has 1 aliphatic carbocycles. The maximum atomic E-state index is 11.8. The van der Waals surface area contributed by atoms with Crippen molar-refractivity contribution in [1.82, 2.24) is 15.5 Å². The second-order valence-electron chi connectivity index (χ2n) is 6.53. The summed E-state index contributed by atoms with van der Waals surface area (Å²) in [6.07, 6.45) is 4.67. The molecule has 1 N–H and O–H groups in total. The summed E-state index contributed by atoms with van der Waals surface area (Å²) >= 11 is 0. The second kappa shape index (κ2) is 12.9. The van der Waals surface area contributed by atoms with E-state index in [1.54, 1.807) is 0 Å². The maximum Gasteiger partial charge on any atom is 0.407 e. The van der Waals surface area contributed by atoms with E-state index in [1.807, 2.05) is 30.3 Å². The highest BCUT2D eigenvalue weighted by molar-refractivity contribution is 5.67. The summed E-state index contributed by atoms with van der Waals surface area (Å²) in [4.78, 5) is 11.8. The number of alkyl carbamates (subject to hydrolysis) is 1. The molecule has 1 fully saturated rings. The average Bonchev–Trinajstić information content (AvgIpc) is 3.30. The molecule has 3 rings (SSSR count). The minimum absolute atomic E-state index is 0.155. The number of rotatable bonds is 7. The zero-order chi connectivity index (χ0) is 20.9. The van der Waals surface area contributed by atoms with Crippen molar-refractivity contribution in [2.75, 3.05) is 21.3 Å². The Hall–Kier alpha value is -2.49. The largest absolute Gasteiger partial charge is 0.445 e. The Morgan fingerprint density at radius 2 is 1.76 bits per heavy atom. The molecule has 1 aliphatic rings. The summed E-state index contributed by atoms with van der Waals surface area (Å²) in [6, 6.07) is 9.81. The smallest absolute Gasteiger partial charge is 0.407 e. The third-order valence-corrected chi connectivity index (χ3v) is 4.57. The van der Waals surface area contributed by atoms with E-state index in [-0.39, 0.29) is 12.1 Å². The summed E-state index contributed by atoms with van der Waals surface area (Å²) < 4.78 is 24.3. The Labute approximate surface area is 170 Å². The Balaban J connectivity index is 0.000000370. The molecule has 0 aliphatic heterocycles. The van der Waals surface area contributed by atoms with Crippen LogP contribution in [-0.2, 0) is 25.6 Å². The lowest BCUT2D eigenvalue weighted by Gasteiger charge is -2.26. The quantitative estimate of drug-likeness (QED) is 0.698. The van der Waals surface area contributed by atoms with Crippen LogP contribution in [0.5, 0.6) is 0 Å². The molecule has 1 aromatic heterocycles. The van der Waals surface area contributed by atoms with E-state index in [9.17, 15) is 4.79 Å². The minimum Gasteiger partial charge on any atom is -0.445 e. The molecule has 0 radical (unpaired) electrons. The molecular weight excluding hydrogens is 378 g/mol. The van der Waals surface area contributed by atoms with Crippen LogP contribution in [0.1, 0.15) is 43.1 Å². The lowest BCUT2D eigenvalue weighted by Crippen LogP contribution is -2.37. The van der Waals surface area contributed by atoms with Crippen molar-refractivity contribution in [3.63, 3.8) is 0 Å². The summed E-state index contributed by atoms with van der Waals surface area (Å²) in [7, 11) is 4.53. The van der Waals surface area contributed by atoms with Gasteiger partial charge >= 0.3 is 6.09 Å². The zero-order valence-electron chi connectivity index (χ0n) is 17.1. The number of aromatic nitrogens is 2. The third-order valence-electron chi connectivity index (χ3n) is 4.57. The van der Waals surface area contributed by atoms with Gasteiger partial charge in [0.2, 0.25) is 12.3 Å². The highest BCUT2D eigenvalue weighted by atomic mass is 16.8. The van der Waals surface area contributed by atoms with Gasteiger partial charge in [0, 0.05) is 33.3 Å². The van der Waals surface area contributed by atoms with Crippen molar-refractivity contribution in [3.8, 4) is 0 Å². The first-order chi connectivity index (χ1) is 14.2. The molecule has 0 unspecified atom stereocenters. The highest BCUT2D eigenvalue weighted by Crippen LogP contribution is 2.31. The number of amides is 1. The van der Waals surface area contributed by atoms with E-state index in [4.69, 9.17) is 9.15 Å². The molecule has 0 bridgehead atoms.